The number of hydrogen-bond acceptors (Lipinski definition) is 3. The van der Waals surface area contributed by atoms with E-state index in [9.17, 15) is 22.0 Å². The SMILES string of the molecule is Cc1c(F)cc(C(=O)O)cc1S(=O)(=O)CCF. The van der Waals surface area contributed by atoms with Gasteiger partial charge in [0.2, 0.25) is 0 Å². The minimum atomic E-state index is -4.00. The number of aromatic carboxylic acids is 1. The minimum absolute atomic E-state index is 0.205. The Morgan fingerprint density at radius 3 is 2.47 bits per heavy atom. The molecule has 0 saturated heterocycles. The molecule has 7 heteroatoms. The molecule has 4 nitrogen and oxygen atoms in total. The van der Waals surface area contributed by atoms with Crippen LogP contribution in [-0.2, 0) is 9.84 Å². The number of carboxylic acids is 1. The zero-order valence-electron chi connectivity index (χ0n) is 8.91. The summed E-state index contributed by atoms with van der Waals surface area (Å²) in [6.07, 6.45) is 0. The highest BCUT2D eigenvalue weighted by Crippen LogP contribution is 2.21. The third kappa shape index (κ3) is 2.79. The number of carbonyl (C=O) groups is 1. The van der Waals surface area contributed by atoms with Crippen LogP contribution in [0.3, 0.4) is 0 Å². The first kappa shape index (κ1) is 13.6. The zero-order valence-corrected chi connectivity index (χ0v) is 9.72. The smallest absolute Gasteiger partial charge is 0.335 e. The molecule has 0 amide bonds. The van der Waals surface area contributed by atoms with Crippen molar-refractivity contribution in [2.45, 2.75) is 11.8 Å². The van der Waals surface area contributed by atoms with Crippen LogP contribution in [0.25, 0.3) is 0 Å². The maximum Gasteiger partial charge on any atom is 0.335 e. The summed E-state index contributed by atoms with van der Waals surface area (Å²) < 4.78 is 48.6. The normalized spacial score (nSPS) is 11.5. The fourth-order valence-corrected chi connectivity index (χ4v) is 2.61. The van der Waals surface area contributed by atoms with Crippen molar-refractivity contribution in [3.63, 3.8) is 0 Å². The summed E-state index contributed by atoms with van der Waals surface area (Å²) in [5.41, 5.74) is -0.686. The maximum absolute atomic E-state index is 13.3. The molecule has 1 rings (SSSR count). The molecule has 0 aliphatic carbocycles. The molecule has 0 bridgehead atoms. The van der Waals surface area contributed by atoms with Gasteiger partial charge >= 0.3 is 5.97 Å². The van der Waals surface area contributed by atoms with E-state index < -0.39 is 44.5 Å². The number of alkyl halides is 1. The lowest BCUT2D eigenvalue weighted by atomic mass is 10.1. The van der Waals surface area contributed by atoms with Gasteiger partial charge in [-0.1, -0.05) is 0 Å². The van der Waals surface area contributed by atoms with Gasteiger partial charge in [-0.05, 0) is 19.1 Å². The van der Waals surface area contributed by atoms with Crippen LogP contribution in [0, 0.1) is 12.7 Å². The Morgan fingerprint density at radius 2 is 2.00 bits per heavy atom. The minimum Gasteiger partial charge on any atom is -0.478 e. The van der Waals surface area contributed by atoms with Gasteiger partial charge in [0, 0.05) is 5.56 Å². The van der Waals surface area contributed by atoms with Crippen LogP contribution in [0.4, 0.5) is 8.78 Å². The summed E-state index contributed by atoms with van der Waals surface area (Å²) >= 11 is 0. The molecule has 0 fully saturated rings. The largest absolute Gasteiger partial charge is 0.478 e. The standard InChI is InChI=1S/C10H10F2O4S/c1-6-8(12)4-7(10(13)14)5-9(6)17(15,16)3-2-11/h4-5H,2-3H2,1H3,(H,13,14). The summed E-state index contributed by atoms with van der Waals surface area (Å²) in [5.74, 6) is -3.18. The number of sulfone groups is 1. The molecule has 1 aromatic carbocycles. The average molecular weight is 264 g/mol. The molecule has 1 aromatic rings. The van der Waals surface area contributed by atoms with Gasteiger partial charge in [-0.15, -0.1) is 0 Å². The molecule has 0 saturated carbocycles. The third-order valence-electron chi connectivity index (χ3n) is 2.22. The van der Waals surface area contributed by atoms with E-state index in [-0.39, 0.29) is 5.56 Å². The average Bonchev–Trinajstić information content (AvgIpc) is 2.21. The molecule has 17 heavy (non-hydrogen) atoms. The van der Waals surface area contributed by atoms with Gasteiger partial charge in [-0.25, -0.2) is 22.0 Å². The Kier molecular flexibility index (Phi) is 3.82. The molecular weight excluding hydrogens is 254 g/mol. The summed E-state index contributed by atoms with van der Waals surface area (Å²) in [7, 11) is -4.00. The number of halogens is 2. The first-order valence-corrected chi connectivity index (χ1v) is 6.27. The van der Waals surface area contributed by atoms with Crippen molar-refractivity contribution in [2.24, 2.45) is 0 Å². The maximum atomic E-state index is 13.3. The van der Waals surface area contributed by atoms with Gasteiger partial charge in [0.25, 0.3) is 0 Å². The van der Waals surface area contributed by atoms with Gasteiger partial charge in [-0.2, -0.15) is 0 Å². The van der Waals surface area contributed by atoms with Gasteiger partial charge < -0.3 is 5.11 Å². The van der Waals surface area contributed by atoms with Crippen molar-refractivity contribution >= 4 is 15.8 Å². The molecule has 0 heterocycles. The van der Waals surface area contributed by atoms with Gasteiger partial charge in [0.15, 0.2) is 9.84 Å². The van der Waals surface area contributed by atoms with Crippen molar-refractivity contribution in [1.82, 2.24) is 0 Å². The van der Waals surface area contributed by atoms with Crippen molar-refractivity contribution < 1.29 is 27.1 Å². The van der Waals surface area contributed by atoms with Crippen molar-refractivity contribution in [2.75, 3.05) is 12.4 Å². The van der Waals surface area contributed by atoms with Gasteiger partial charge in [0.1, 0.15) is 12.5 Å². The number of benzene rings is 1. The first-order chi connectivity index (χ1) is 7.79. The molecule has 0 radical (unpaired) electrons. The first-order valence-electron chi connectivity index (χ1n) is 4.61. The molecule has 0 aliphatic rings. The molecule has 0 spiro atoms. The van der Waals surface area contributed by atoms with Crippen molar-refractivity contribution in [3.8, 4) is 0 Å². The quantitative estimate of drug-likeness (QED) is 0.896. The Balaban J connectivity index is 3.48. The molecular formula is C10H10F2O4S. The van der Waals surface area contributed by atoms with E-state index in [1.807, 2.05) is 0 Å². The van der Waals surface area contributed by atoms with Crippen LogP contribution in [0.2, 0.25) is 0 Å². The molecule has 0 unspecified atom stereocenters. The van der Waals surface area contributed by atoms with E-state index in [1.165, 1.54) is 6.92 Å². The van der Waals surface area contributed by atoms with E-state index in [4.69, 9.17) is 5.11 Å². The summed E-state index contributed by atoms with van der Waals surface area (Å²) in [6, 6.07) is 1.57. The lowest BCUT2D eigenvalue weighted by Gasteiger charge is -2.08. The predicted molar refractivity (Wildman–Crippen MR) is 56.1 cm³/mol. The van der Waals surface area contributed by atoms with Gasteiger partial charge in [0.05, 0.1) is 16.2 Å². The summed E-state index contributed by atoms with van der Waals surface area (Å²) in [4.78, 5) is 10.2. The lowest BCUT2D eigenvalue weighted by Crippen LogP contribution is -2.12. The Hall–Kier alpha value is -1.50. The van der Waals surface area contributed by atoms with Crippen molar-refractivity contribution in [3.05, 3.63) is 29.1 Å². The second-order valence-corrected chi connectivity index (χ2v) is 5.47. The molecule has 0 aromatic heterocycles. The molecule has 1 N–H and O–H groups in total. The van der Waals surface area contributed by atoms with E-state index in [0.29, 0.717) is 0 Å². The summed E-state index contributed by atoms with van der Waals surface area (Å²) in [6.45, 7) is 0.0900. The fraction of sp³-hybridized carbons (Fsp3) is 0.300. The van der Waals surface area contributed by atoms with Crippen LogP contribution in [0.1, 0.15) is 15.9 Å². The van der Waals surface area contributed by atoms with E-state index in [1.54, 1.807) is 0 Å². The number of rotatable bonds is 4. The second-order valence-electron chi connectivity index (χ2n) is 3.39. The van der Waals surface area contributed by atoms with Gasteiger partial charge in [-0.3, -0.25) is 0 Å². The monoisotopic (exact) mass is 264 g/mol. The van der Waals surface area contributed by atoms with E-state index >= 15 is 0 Å². The Labute approximate surface area is 96.8 Å². The van der Waals surface area contributed by atoms with Crippen LogP contribution in [0.5, 0.6) is 0 Å². The van der Waals surface area contributed by atoms with Crippen LogP contribution in [-0.4, -0.2) is 31.9 Å². The number of hydrogen-bond donors (Lipinski definition) is 1. The molecule has 0 atom stereocenters. The zero-order chi connectivity index (χ0) is 13.2. The molecule has 0 aliphatic heterocycles. The second kappa shape index (κ2) is 4.79. The Bertz CT molecular complexity index is 552. The highest BCUT2D eigenvalue weighted by atomic mass is 32.2. The van der Waals surface area contributed by atoms with Crippen LogP contribution in [0.15, 0.2) is 17.0 Å². The number of carboxylic acid groups (broad SMARTS) is 1. The highest BCUT2D eigenvalue weighted by Gasteiger charge is 2.21. The van der Waals surface area contributed by atoms with Crippen molar-refractivity contribution in [1.29, 1.82) is 0 Å². The lowest BCUT2D eigenvalue weighted by molar-refractivity contribution is 0.0696. The Morgan fingerprint density at radius 1 is 1.41 bits per heavy atom. The highest BCUT2D eigenvalue weighted by molar-refractivity contribution is 7.91. The van der Waals surface area contributed by atoms with Crippen LogP contribution >= 0.6 is 0 Å². The van der Waals surface area contributed by atoms with E-state index in [0.717, 1.165) is 12.1 Å². The summed E-state index contributed by atoms with van der Waals surface area (Å²) in [5, 5.41) is 8.68. The topological polar surface area (TPSA) is 71.4 Å². The van der Waals surface area contributed by atoms with E-state index in [2.05, 4.69) is 0 Å². The predicted octanol–water partition coefficient (Wildman–Crippen LogP) is 1.58. The molecule has 94 valence electrons. The van der Waals surface area contributed by atoms with Crippen LogP contribution < -0.4 is 0 Å². The fourth-order valence-electron chi connectivity index (χ4n) is 1.31. The third-order valence-corrected chi connectivity index (χ3v) is 4.01.